The second kappa shape index (κ2) is 6.04. The quantitative estimate of drug-likeness (QED) is 0.652. The summed E-state index contributed by atoms with van der Waals surface area (Å²) in [7, 11) is 1.71. The second-order valence-corrected chi connectivity index (χ2v) is 5.40. The maximum atomic E-state index is 11.7. The number of nitrogens with zero attached hydrogens (tertiary/aromatic N) is 1. The summed E-state index contributed by atoms with van der Waals surface area (Å²) in [6, 6.07) is -0.271. The van der Waals surface area contributed by atoms with Crippen molar-refractivity contribution in [3.05, 3.63) is 0 Å². The highest BCUT2D eigenvalue weighted by Gasteiger charge is 2.26. The van der Waals surface area contributed by atoms with Crippen LogP contribution >= 0.6 is 0 Å². The maximum absolute atomic E-state index is 11.7. The Morgan fingerprint density at radius 1 is 1.44 bits per heavy atom. The van der Waals surface area contributed by atoms with Crippen LogP contribution in [0.15, 0.2) is 0 Å². The van der Waals surface area contributed by atoms with Crippen molar-refractivity contribution in [1.82, 2.24) is 10.2 Å². The van der Waals surface area contributed by atoms with E-state index in [-0.39, 0.29) is 19.0 Å². The summed E-state index contributed by atoms with van der Waals surface area (Å²) in [5, 5.41) is 20.9. The van der Waals surface area contributed by atoms with Crippen LogP contribution in [-0.4, -0.2) is 52.9 Å². The minimum absolute atomic E-state index is 0.0624. The molecule has 104 valence electrons. The molecule has 3 N–H and O–H groups in total. The third-order valence-electron chi connectivity index (χ3n) is 3.26. The van der Waals surface area contributed by atoms with Gasteiger partial charge in [0.2, 0.25) is 0 Å². The predicted octanol–water partition coefficient (Wildman–Crippen LogP) is 0.654. The number of amides is 2. The highest BCUT2D eigenvalue weighted by atomic mass is 16.4. The van der Waals surface area contributed by atoms with Crippen molar-refractivity contribution in [2.75, 3.05) is 20.1 Å². The number of carbonyl (C=O) groups is 2. The SMILES string of the molecule is CN(CC1CCC1)C(=O)NCC(C)(O)CC(=O)O. The van der Waals surface area contributed by atoms with Gasteiger partial charge in [-0.2, -0.15) is 0 Å². The number of urea groups is 1. The van der Waals surface area contributed by atoms with Crippen molar-refractivity contribution in [3.8, 4) is 0 Å². The fraction of sp³-hybridized carbons (Fsp3) is 0.833. The van der Waals surface area contributed by atoms with Crippen molar-refractivity contribution in [1.29, 1.82) is 0 Å². The van der Waals surface area contributed by atoms with E-state index in [1.807, 2.05) is 0 Å². The van der Waals surface area contributed by atoms with E-state index < -0.39 is 11.6 Å². The molecule has 0 spiro atoms. The Morgan fingerprint density at radius 3 is 2.50 bits per heavy atom. The lowest BCUT2D eigenvalue weighted by Crippen LogP contribution is -2.47. The van der Waals surface area contributed by atoms with Crippen LogP contribution in [-0.2, 0) is 4.79 Å². The summed E-state index contributed by atoms with van der Waals surface area (Å²) < 4.78 is 0. The smallest absolute Gasteiger partial charge is 0.317 e. The maximum Gasteiger partial charge on any atom is 0.317 e. The van der Waals surface area contributed by atoms with Crippen LogP contribution in [0, 0.1) is 5.92 Å². The summed E-state index contributed by atoms with van der Waals surface area (Å²) >= 11 is 0. The minimum atomic E-state index is -1.42. The Bertz CT molecular complexity index is 313. The fourth-order valence-corrected chi connectivity index (χ4v) is 1.93. The molecule has 0 aliphatic heterocycles. The molecular weight excluding hydrogens is 236 g/mol. The van der Waals surface area contributed by atoms with Gasteiger partial charge in [0.1, 0.15) is 0 Å². The van der Waals surface area contributed by atoms with E-state index >= 15 is 0 Å². The van der Waals surface area contributed by atoms with E-state index in [9.17, 15) is 14.7 Å². The lowest BCUT2D eigenvalue weighted by atomic mass is 9.85. The van der Waals surface area contributed by atoms with Crippen molar-refractivity contribution in [2.24, 2.45) is 5.92 Å². The van der Waals surface area contributed by atoms with E-state index in [1.165, 1.54) is 13.3 Å². The molecule has 18 heavy (non-hydrogen) atoms. The number of carboxylic acids is 1. The number of rotatable bonds is 6. The molecule has 0 radical (unpaired) electrons. The number of hydrogen-bond donors (Lipinski definition) is 3. The fourth-order valence-electron chi connectivity index (χ4n) is 1.93. The van der Waals surface area contributed by atoms with Gasteiger partial charge in [-0.3, -0.25) is 4.79 Å². The number of hydrogen-bond acceptors (Lipinski definition) is 3. The third kappa shape index (κ3) is 4.91. The monoisotopic (exact) mass is 258 g/mol. The molecule has 0 aromatic rings. The largest absolute Gasteiger partial charge is 0.481 e. The molecule has 1 aliphatic rings. The molecule has 6 heteroatoms. The number of carbonyl (C=O) groups excluding carboxylic acids is 1. The lowest BCUT2D eigenvalue weighted by molar-refractivity contribution is -0.141. The van der Waals surface area contributed by atoms with Crippen molar-refractivity contribution in [3.63, 3.8) is 0 Å². The van der Waals surface area contributed by atoms with Crippen molar-refractivity contribution < 1.29 is 19.8 Å². The molecule has 1 saturated carbocycles. The predicted molar refractivity (Wildman–Crippen MR) is 66.2 cm³/mol. The summed E-state index contributed by atoms with van der Waals surface area (Å²) in [5.74, 6) is -0.502. The molecule has 0 saturated heterocycles. The van der Waals surface area contributed by atoms with Crippen LogP contribution in [0.25, 0.3) is 0 Å². The van der Waals surface area contributed by atoms with Gasteiger partial charge in [0.05, 0.1) is 12.0 Å². The third-order valence-corrected chi connectivity index (χ3v) is 3.26. The average molecular weight is 258 g/mol. The number of aliphatic hydroxyl groups is 1. The zero-order valence-corrected chi connectivity index (χ0v) is 11.0. The molecular formula is C12H22N2O4. The van der Waals surface area contributed by atoms with E-state index in [1.54, 1.807) is 11.9 Å². The van der Waals surface area contributed by atoms with Gasteiger partial charge in [-0.25, -0.2) is 4.79 Å². The number of aliphatic carboxylic acids is 1. The molecule has 6 nitrogen and oxygen atoms in total. The first-order chi connectivity index (χ1) is 8.30. The van der Waals surface area contributed by atoms with Gasteiger partial charge in [-0.05, 0) is 25.7 Å². The molecule has 1 rings (SSSR count). The number of nitrogens with one attached hydrogen (secondary N) is 1. The topological polar surface area (TPSA) is 89.9 Å². The molecule has 1 fully saturated rings. The Morgan fingerprint density at radius 2 is 2.06 bits per heavy atom. The van der Waals surface area contributed by atoms with E-state index in [0.717, 1.165) is 12.8 Å². The highest BCUT2D eigenvalue weighted by molar-refractivity contribution is 5.74. The minimum Gasteiger partial charge on any atom is -0.481 e. The van der Waals surface area contributed by atoms with Gasteiger partial charge in [-0.15, -0.1) is 0 Å². The molecule has 1 aliphatic carbocycles. The van der Waals surface area contributed by atoms with E-state index in [4.69, 9.17) is 5.11 Å². The standard InChI is InChI=1S/C12H22N2O4/c1-12(18,6-10(15)16)8-13-11(17)14(2)7-9-4-3-5-9/h9,18H,3-8H2,1-2H3,(H,13,17)(H,15,16). The van der Waals surface area contributed by atoms with Crippen LogP contribution < -0.4 is 5.32 Å². The van der Waals surface area contributed by atoms with E-state index in [0.29, 0.717) is 12.5 Å². The van der Waals surface area contributed by atoms with E-state index in [2.05, 4.69) is 5.32 Å². The Hall–Kier alpha value is -1.30. The van der Waals surface area contributed by atoms with Crippen LogP contribution in [0.3, 0.4) is 0 Å². The summed E-state index contributed by atoms with van der Waals surface area (Å²) in [5.41, 5.74) is -1.42. The zero-order chi connectivity index (χ0) is 13.8. The molecule has 0 aromatic heterocycles. The van der Waals surface area contributed by atoms with Gasteiger partial charge >= 0.3 is 12.0 Å². The number of carboxylic acid groups (broad SMARTS) is 1. The van der Waals surface area contributed by atoms with Gasteiger partial charge in [-0.1, -0.05) is 6.42 Å². The molecule has 0 aromatic carbocycles. The van der Waals surface area contributed by atoms with Crippen LogP contribution in [0.5, 0.6) is 0 Å². The Balaban J connectivity index is 2.28. The van der Waals surface area contributed by atoms with Gasteiger partial charge < -0.3 is 20.4 Å². The molecule has 0 heterocycles. The average Bonchev–Trinajstić information content (AvgIpc) is 2.18. The highest BCUT2D eigenvalue weighted by Crippen LogP contribution is 2.26. The van der Waals surface area contributed by atoms with Crippen LogP contribution in [0.1, 0.15) is 32.6 Å². The Kier molecular flexibility index (Phi) is 4.95. The summed E-state index contributed by atoms with van der Waals surface area (Å²) in [4.78, 5) is 23.8. The van der Waals surface area contributed by atoms with Crippen molar-refractivity contribution >= 4 is 12.0 Å². The molecule has 1 unspecified atom stereocenters. The first-order valence-corrected chi connectivity index (χ1v) is 6.23. The second-order valence-electron chi connectivity index (χ2n) is 5.40. The summed E-state index contributed by atoms with van der Waals surface area (Å²) in [6.07, 6.45) is 3.16. The van der Waals surface area contributed by atoms with Crippen molar-refractivity contribution in [2.45, 2.75) is 38.2 Å². The first kappa shape index (κ1) is 14.8. The Labute approximate surface area is 107 Å². The van der Waals surface area contributed by atoms with Gasteiger partial charge in [0, 0.05) is 20.1 Å². The van der Waals surface area contributed by atoms with Crippen LogP contribution in [0.2, 0.25) is 0 Å². The first-order valence-electron chi connectivity index (χ1n) is 6.23. The normalized spacial score (nSPS) is 18.6. The summed E-state index contributed by atoms with van der Waals surface area (Å²) in [6.45, 7) is 2.05. The molecule has 2 amide bonds. The molecule has 1 atom stereocenters. The lowest BCUT2D eigenvalue weighted by Gasteiger charge is -2.31. The van der Waals surface area contributed by atoms with Crippen LogP contribution in [0.4, 0.5) is 4.79 Å². The zero-order valence-electron chi connectivity index (χ0n) is 11.0. The molecule has 0 bridgehead atoms. The van der Waals surface area contributed by atoms with Gasteiger partial charge in [0.15, 0.2) is 0 Å². The van der Waals surface area contributed by atoms with Gasteiger partial charge in [0.25, 0.3) is 0 Å².